The van der Waals surface area contributed by atoms with Crippen molar-refractivity contribution in [3.63, 3.8) is 0 Å². The molecule has 0 aliphatic carbocycles. The average molecular weight is 390 g/mol. The zero-order valence-electron chi connectivity index (χ0n) is 16.6. The van der Waals surface area contributed by atoms with E-state index in [1.807, 2.05) is 25.1 Å². The molecule has 6 nitrogen and oxygen atoms in total. The largest absolute Gasteiger partial charge is 0.351 e. The second kappa shape index (κ2) is 6.98. The molecule has 0 radical (unpaired) electrons. The van der Waals surface area contributed by atoms with Crippen LogP contribution in [-0.4, -0.2) is 26.6 Å². The van der Waals surface area contributed by atoms with Crippen LogP contribution in [0.2, 0.25) is 0 Å². The molecule has 2 aromatic carbocycles. The standard InChI is InChI=1S/C24H18N6/c1-29-10-6-16-3-4-17(11-22(16)29)20-12-19(13-21-24(20)28-9-8-27-21)30(2)23-15-26-7-5-18(23)14-25/h3-13,15H,1-2H3. The van der Waals surface area contributed by atoms with E-state index in [0.29, 0.717) is 5.56 Å². The van der Waals surface area contributed by atoms with E-state index in [-0.39, 0.29) is 0 Å². The average Bonchev–Trinajstić information content (AvgIpc) is 3.17. The summed E-state index contributed by atoms with van der Waals surface area (Å²) in [6.07, 6.45) is 8.80. The molecule has 144 valence electrons. The van der Waals surface area contributed by atoms with Gasteiger partial charge in [0.15, 0.2) is 0 Å². The van der Waals surface area contributed by atoms with Gasteiger partial charge in [-0.3, -0.25) is 15.0 Å². The topological polar surface area (TPSA) is 70.6 Å². The zero-order valence-corrected chi connectivity index (χ0v) is 16.6. The molecule has 0 saturated carbocycles. The molecule has 0 atom stereocenters. The number of nitriles is 1. The second-order valence-electron chi connectivity index (χ2n) is 7.18. The summed E-state index contributed by atoms with van der Waals surface area (Å²) in [5.74, 6) is 0. The molecule has 5 rings (SSSR count). The number of aryl methyl sites for hydroxylation is 1. The molecule has 6 heteroatoms. The first kappa shape index (κ1) is 17.8. The Labute approximate surface area is 173 Å². The van der Waals surface area contributed by atoms with Crippen LogP contribution in [0.3, 0.4) is 0 Å². The lowest BCUT2D eigenvalue weighted by Gasteiger charge is -2.21. The number of hydrogen-bond donors (Lipinski definition) is 0. The van der Waals surface area contributed by atoms with Gasteiger partial charge in [-0.1, -0.05) is 12.1 Å². The Hall–Kier alpha value is -4.24. The van der Waals surface area contributed by atoms with Gasteiger partial charge < -0.3 is 9.47 Å². The number of nitrogens with zero attached hydrogens (tertiary/aromatic N) is 6. The minimum Gasteiger partial charge on any atom is -0.351 e. The Kier molecular flexibility index (Phi) is 4.15. The molecule has 0 amide bonds. The first-order valence-electron chi connectivity index (χ1n) is 9.54. The molecule has 0 bridgehead atoms. The molecule has 30 heavy (non-hydrogen) atoms. The molecule has 3 aromatic heterocycles. The number of benzene rings is 2. The Morgan fingerprint density at radius 1 is 1.00 bits per heavy atom. The van der Waals surface area contributed by atoms with Crippen LogP contribution in [0.4, 0.5) is 11.4 Å². The van der Waals surface area contributed by atoms with Crippen molar-refractivity contribution in [2.45, 2.75) is 0 Å². The second-order valence-corrected chi connectivity index (χ2v) is 7.18. The van der Waals surface area contributed by atoms with Gasteiger partial charge in [0.25, 0.3) is 0 Å². The maximum atomic E-state index is 9.50. The Morgan fingerprint density at radius 2 is 1.87 bits per heavy atom. The molecule has 0 aliphatic heterocycles. The summed E-state index contributed by atoms with van der Waals surface area (Å²) in [6.45, 7) is 0. The number of pyridine rings is 1. The number of hydrogen-bond acceptors (Lipinski definition) is 5. The third-order valence-electron chi connectivity index (χ3n) is 5.43. The summed E-state index contributed by atoms with van der Waals surface area (Å²) < 4.78 is 2.11. The van der Waals surface area contributed by atoms with Crippen LogP contribution in [0, 0.1) is 11.3 Å². The van der Waals surface area contributed by atoms with Gasteiger partial charge in [0.05, 0.1) is 28.5 Å². The first-order valence-corrected chi connectivity index (χ1v) is 9.54. The Balaban J connectivity index is 1.74. The van der Waals surface area contributed by atoms with Crippen molar-refractivity contribution < 1.29 is 0 Å². The fourth-order valence-corrected chi connectivity index (χ4v) is 3.79. The van der Waals surface area contributed by atoms with Gasteiger partial charge in [-0.15, -0.1) is 0 Å². The Morgan fingerprint density at radius 3 is 2.73 bits per heavy atom. The minimum absolute atomic E-state index is 0.568. The SMILES string of the molecule is CN(c1cc(-c2ccc3ccn(C)c3c2)c2nccnc2c1)c1cnccc1C#N. The lowest BCUT2D eigenvalue weighted by molar-refractivity contribution is 0.969. The molecule has 5 aromatic rings. The number of anilines is 2. The van der Waals surface area contributed by atoms with Gasteiger partial charge >= 0.3 is 0 Å². The van der Waals surface area contributed by atoms with E-state index in [4.69, 9.17) is 0 Å². The van der Waals surface area contributed by atoms with Crippen LogP contribution in [0.25, 0.3) is 33.1 Å². The maximum absolute atomic E-state index is 9.50. The van der Waals surface area contributed by atoms with Gasteiger partial charge in [-0.2, -0.15) is 5.26 Å². The van der Waals surface area contributed by atoms with Crippen molar-refractivity contribution in [3.8, 4) is 17.2 Å². The number of rotatable bonds is 3. The highest BCUT2D eigenvalue weighted by atomic mass is 15.1. The maximum Gasteiger partial charge on any atom is 0.101 e. The summed E-state index contributed by atoms with van der Waals surface area (Å²) in [5.41, 5.74) is 7.08. The predicted octanol–water partition coefficient (Wildman–Crippen LogP) is 4.82. The fraction of sp³-hybridized carbons (Fsp3) is 0.0833. The summed E-state index contributed by atoms with van der Waals surface area (Å²) in [7, 11) is 3.97. The smallest absolute Gasteiger partial charge is 0.101 e. The van der Waals surface area contributed by atoms with Gasteiger partial charge in [0, 0.05) is 55.7 Å². The van der Waals surface area contributed by atoms with Crippen molar-refractivity contribution in [3.05, 3.63) is 79.0 Å². The van der Waals surface area contributed by atoms with E-state index in [9.17, 15) is 5.26 Å². The lowest BCUT2D eigenvalue weighted by Crippen LogP contribution is -2.12. The highest BCUT2D eigenvalue weighted by molar-refractivity contribution is 5.97. The monoisotopic (exact) mass is 390 g/mol. The third-order valence-corrected chi connectivity index (χ3v) is 5.43. The van der Waals surface area contributed by atoms with Crippen molar-refractivity contribution in [1.29, 1.82) is 5.26 Å². The van der Waals surface area contributed by atoms with E-state index in [0.717, 1.165) is 39.1 Å². The van der Waals surface area contributed by atoms with Gasteiger partial charge in [-0.05, 0) is 41.3 Å². The highest BCUT2D eigenvalue weighted by Crippen LogP contribution is 2.35. The van der Waals surface area contributed by atoms with Gasteiger partial charge in [-0.25, -0.2) is 0 Å². The van der Waals surface area contributed by atoms with Crippen molar-refractivity contribution >= 4 is 33.3 Å². The quantitative estimate of drug-likeness (QED) is 0.442. The van der Waals surface area contributed by atoms with Crippen LogP contribution in [-0.2, 0) is 7.05 Å². The van der Waals surface area contributed by atoms with Crippen LogP contribution in [0.5, 0.6) is 0 Å². The molecule has 0 N–H and O–H groups in total. The summed E-state index contributed by atoms with van der Waals surface area (Å²) in [4.78, 5) is 15.3. The summed E-state index contributed by atoms with van der Waals surface area (Å²) in [6, 6.07) is 16.6. The van der Waals surface area contributed by atoms with Crippen molar-refractivity contribution in [2.75, 3.05) is 11.9 Å². The predicted molar refractivity (Wildman–Crippen MR) is 118 cm³/mol. The van der Waals surface area contributed by atoms with Crippen molar-refractivity contribution in [1.82, 2.24) is 19.5 Å². The molecule has 0 spiro atoms. The first-order chi connectivity index (χ1) is 14.7. The molecule has 0 aliphatic rings. The summed E-state index contributed by atoms with van der Waals surface area (Å²) in [5, 5.41) is 10.7. The van der Waals surface area contributed by atoms with E-state index >= 15 is 0 Å². The Bertz CT molecular complexity index is 1440. The summed E-state index contributed by atoms with van der Waals surface area (Å²) >= 11 is 0. The van der Waals surface area contributed by atoms with Gasteiger partial charge in [0.1, 0.15) is 6.07 Å². The minimum atomic E-state index is 0.568. The normalized spacial score (nSPS) is 11.0. The molecular formula is C24H18N6. The molecule has 0 saturated heterocycles. The van der Waals surface area contributed by atoms with E-state index in [1.54, 1.807) is 30.9 Å². The number of aromatic nitrogens is 4. The molecular weight excluding hydrogens is 372 g/mol. The van der Waals surface area contributed by atoms with Gasteiger partial charge in [0.2, 0.25) is 0 Å². The number of fused-ring (bicyclic) bond motifs is 2. The molecule has 3 heterocycles. The molecule has 0 fully saturated rings. The zero-order chi connectivity index (χ0) is 20.7. The molecule has 0 unspecified atom stereocenters. The van der Waals surface area contributed by atoms with E-state index in [2.05, 4.69) is 62.1 Å². The van der Waals surface area contributed by atoms with Crippen molar-refractivity contribution in [2.24, 2.45) is 7.05 Å². The van der Waals surface area contributed by atoms with Crippen LogP contribution in [0.15, 0.2) is 73.4 Å². The fourth-order valence-electron chi connectivity index (χ4n) is 3.79. The van der Waals surface area contributed by atoms with E-state index < -0.39 is 0 Å². The van der Waals surface area contributed by atoms with Crippen LogP contribution < -0.4 is 4.90 Å². The highest BCUT2D eigenvalue weighted by Gasteiger charge is 2.15. The lowest BCUT2D eigenvalue weighted by atomic mass is 10.0. The third kappa shape index (κ3) is 2.85. The van der Waals surface area contributed by atoms with Crippen LogP contribution >= 0.6 is 0 Å². The van der Waals surface area contributed by atoms with Crippen LogP contribution in [0.1, 0.15) is 5.56 Å². The van der Waals surface area contributed by atoms with E-state index in [1.165, 1.54) is 5.39 Å².